The van der Waals surface area contributed by atoms with E-state index in [0.717, 1.165) is 23.3 Å². The maximum absolute atomic E-state index is 13.5. The van der Waals surface area contributed by atoms with Gasteiger partial charge >= 0.3 is 0 Å². The number of rotatable bonds is 3. The van der Waals surface area contributed by atoms with Crippen LogP contribution in [0.2, 0.25) is 0 Å². The van der Waals surface area contributed by atoms with Crippen molar-refractivity contribution < 1.29 is 13.9 Å². The van der Waals surface area contributed by atoms with Crippen molar-refractivity contribution in [2.24, 2.45) is 0 Å². The number of imidazole rings is 1. The number of hydrogen-bond donors (Lipinski definition) is 1. The van der Waals surface area contributed by atoms with Crippen LogP contribution in [0.4, 0.5) is 8.78 Å². The van der Waals surface area contributed by atoms with Gasteiger partial charge in [0.1, 0.15) is 5.82 Å². The molecule has 108 valence electrons. The minimum absolute atomic E-state index is 0.108. The van der Waals surface area contributed by atoms with Crippen molar-refractivity contribution in [3.05, 3.63) is 53.6 Å². The number of benzene rings is 2. The third-order valence-electron chi connectivity index (χ3n) is 3.42. The van der Waals surface area contributed by atoms with Crippen LogP contribution < -0.4 is 0 Å². The van der Waals surface area contributed by atoms with E-state index in [4.69, 9.17) is 0 Å². The molecule has 21 heavy (non-hydrogen) atoms. The molecule has 3 nitrogen and oxygen atoms in total. The molecule has 5 heteroatoms. The Labute approximate surface area is 120 Å². The van der Waals surface area contributed by atoms with Crippen molar-refractivity contribution in [3.63, 3.8) is 0 Å². The molecule has 0 atom stereocenters. The van der Waals surface area contributed by atoms with Crippen LogP contribution >= 0.6 is 0 Å². The number of aryl methyl sites for hydroxylation is 1. The molecular weight excluding hydrogens is 274 g/mol. The summed E-state index contributed by atoms with van der Waals surface area (Å²) < 4.78 is 28.5. The second-order valence-corrected chi connectivity index (χ2v) is 4.93. The average molecular weight is 288 g/mol. The molecule has 3 rings (SSSR count). The Hall–Kier alpha value is -2.27. The molecule has 0 bridgehead atoms. The highest BCUT2D eigenvalue weighted by Gasteiger charge is 2.15. The van der Waals surface area contributed by atoms with E-state index < -0.39 is 11.6 Å². The van der Waals surface area contributed by atoms with Crippen molar-refractivity contribution in [3.8, 4) is 11.4 Å². The van der Waals surface area contributed by atoms with E-state index in [0.29, 0.717) is 16.9 Å². The molecule has 0 aliphatic rings. The van der Waals surface area contributed by atoms with Gasteiger partial charge in [0.05, 0.1) is 17.6 Å². The number of hydrogen-bond acceptors (Lipinski definition) is 2. The topological polar surface area (TPSA) is 38.0 Å². The summed E-state index contributed by atoms with van der Waals surface area (Å²) in [5.74, 6) is -1.26. The van der Waals surface area contributed by atoms with E-state index >= 15 is 0 Å². The molecule has 0 spiro atoms. The number of fused-ring (bicyclic) bond motifs is 1. The Kier molecular flexibility index (Phi) is 3.43. The number of nitrogens with zero attached hydrogens (tertiary/aromatic N) is 2. The highest BCUT2D eigenvalue weighted by atomic mass is 19.2. The Bertz CT molecular complexity index is 794. The fraction of sp³-hybridized carbons (Fsp3) is 0.188. The van der Waals surface area contributed by atoms with Gasteiger partial charge in [0.2, 0.25) is 0 Å². The standard InChI is InChI=1S/C16H14F2N2O/c1-10-2-4-11(5-3-10)16-19-14-8-12(17)13(18)9-15(14)20(16)6-7-21/h2-5,8-9,21H,6-7H2,1H3. The molecule has 0 aliphatic heterocycles. The number of halogens is 2. The Morgan fingerprint density at radius 3 is 2.43 bits per heavy atom. The van der Waals surface area contributed by atoms with Crippen LogP contribution in [0.1, 0.15) is 5.56 Å². The summed E-state index contributed by atoms with van der Waals surface area (Å²) in [4.78, 5) is 4.38. The van der Waals surface area contributed by atoms with Gasteiger partial charge in [-0.15, -0.1) is 0 Å². The van der Waals surface area contributed by atoms with Crippen LogP contribution in [-0.2, 0) is 6.54 Å². The largest absolute Gasteiger partial charge is 0.395 e. The molecule has 0 fully saturated rings. The van der Waals surface area contributed by atoms with E-state index in [1.54, 1.807) is 4.57 Å². The molecule has 1 heterocycles. The highest BCUT2D eigenvalue weighted by molar-refractivity contribution is 5.81. The number of aliphatic hydroxyl groups is 1. The van der Waals surface area contributed by atoms with Crippen LogP contribution in [0, 0.1) is 18.6 Å². The van der Waals surface area contributed by atoms with Gasteiger partial charge in [-0.05, 0) is 6.92 Å². The minimum atomic E-state index is -0.924. The highest BCUT2D eigenvalue weighted by Crippen LogP contribution is 2.26. The van der Waals surface area contributed by atoms with Crippen LogP contribution in [0.5, 0.6) is 0 Å². The minimum Gasteiger partial charge on any atom is -0.395 e. The summed E-state index contributed by atoms with van der Waals surface area (Å²) in [5.41, 5.74) is 2.79. The van der Waals surface area contributed by atoms with Crippen LogP contribution in [0.15, 0.2) is 36.4 Å². The molecule has 1 N–H and O–H groups in total. The van der Waals surface area contributed by atoms with E-state index in [2.05, 4.69) is 4.98 Å². The Balaban J connectivity index is 2.25. The van der Waals surface area contributed by atoms with Crippen molar-refractivity contribution >= 4 is 11.0 Å². The molecule has 0 saturated carbocycles. The first kappa shape index (κ1) is 13.7. The predicted molar refractivity (Wildman–Crippen MR) is 76.9 cm³/mol. The van der Waals surface area contributed by atoms with Crippen molar-refractivity contribution in [1.82, 2.24) is 9.55 Å². The van der Waals surface area contributed by atoms with Crippen LogP contribution in [0.3, 0.4) is 0 Å². The lowest BCUT2D eigenvalue weighted by molar-refractivity contribution is 0.278. The first-order chi connectivity index (χ1) is 10.1. The zero-order valence-corrected chi connectivity index (χ0v) is 11.5. The molecule has 2 aromatic carbocycles. The van der Waals surface area contributed by atoms with Gasteiger partial charge in [-0.1, -0.05) is 29.8 Å². The van der Waals surface area contributed by atoms with E-state index in [1.807, 2.05) is 31.2 Å². The monoisotopic (exact) mass is 288 g/mol. The summed E-state index contributed by atoms with van der Waals surface area (Å²) in [7, 11) is 0. The second-order valence-electron chi connectivity index (χ2n) is 4.93. The summed E-state index contributed by atoms with van der Waals surface area (Å²) >= 11 is 0. The van der Waals surface area contributed by atoms with Gasteiger partial charge in [-0.3, -0.25) is 0 Å². The summed E-state index contributed by atoms with van der Waals surface area (Å²) in [5, 5.41) is 9.22. The first-order valence-electron chi connectivity index (χ1n) is 6.63. The molecule has 0 amide bonds. The van der Waals surface area contributed by atoms with Crippen LogP contribution in [-0.4, -0.2) is 21.3 Å². The first-order valence-corrected chi connectivity index (χ1v) is 6.63. The van der Waals surface area contributed by atoms with Gasteiger partial charge in [-0.2, -0.15) is 0 Å². The lowest BCUT2D eigenvalue weighted by atomic mass is 10.1. The van der Waals surface area contributed by atoms with Gasteiger partial charge in [-0.25, -0.2) is 13.8 Å². The number of aliphatic hydroxyl groups excluding tert-OH is 1. The summed E-state index contributed by atoms with van der Waals surface area (Å²) in [6.45, 7) is 2.14. The molecule has 0 unspecified atom stereocenters. The fourth-order valence-corrected chi connectivity index (χ4v) is 2.37. The molecule has 3 aromatic rings. The molecule has 0 aliphatic carbocycles. The van der Waals surface area contributed by atoms with Crippen molar-refractivity contribution in [1.29, 1.82) is 0 Å². The molecule has 1 aromatic heterocycles. The fourth-order valence-electron chi connectivity index (χ4n) is 2.37. The zero-order chi connectivity index (χ0) is 15.0. The van der Waals surface area contributed by atoms with E-state index in [-0.39, 0.29) is 13.2 Å². The quantitative estimate of drug-likeness (QED) is 0.803. The maximum Gasteiger partial charge on any atom is 0.161 e. The smallest absolute Gasteiger partial charge is 0.161 e. The third kappa shape index (κ3) is 2.40. The van der Waals surface area contributed by atoms with E-state index in [9.17, 15) is 13.9 Å². The molecular formula is C16H14F2N2O. The predicted octanol–water partition coefficient (Wildman–Crippen LogP) is 3.28. The second kappa shape index (κ2) is 5.26. The zero-order valence-electron chi connectivity index (χ0n) is 11.5. The van der Waals surface area contributed by atoms with E-state index in [1.165, 1.54) is 0 Å². The number of aromatic nitrogens is 2. The normalized spacial score (nSPS) is 11.2. The Morgan fingerprint density at radius 1 is 1.10 bits per heavy atom. The van der Waals surface area contributed by atoms with Gasteiger partial charge in [0, 0.05) is 24.2 Å². The van der Waals surface area contributed by atoms with Gasteiger partial charge in [0.25, 0.3) is 0 Å². The van der Waals surface area contributed by atoms with Crippen molar-refractivity contribution in [2.75, 3.05) is 6.61 Å². The lowest BCUT2D eigenvalue weighted by Gasteiger charge is -2.07. The maximum atomic E-state index is 13.5. The lowest BCUT2D eigenvalue weighted by Crippen LogP contribution is -2.04. The summed E-state index contributed by atoms with van der Waals surface area (Å²) in [6.07, 6.45) is 0. The van der Waals surface area contributed by atoms with Crippen LogP contribution in [0.25, 0.3) is 22.4 Å². The molecule has 0 saturated heterocycles. The summed E-state index contributed by atoms with van der Waals surface area (Å²) in [6, 6.07) is 9.88. The third-order valence-corrected chi connectivity index (χ3v) is 3.42. The Morgan fingerprint density at radius 2 is 1.76 bits per heavy atom. The molecule has 0 radical (unpaired) electrons. The van der Waals surface area contributed by atoms with Gasteiger partial charge < -0.3 is 9.67 Å². The SMILES string of the molecule is Cc1ccc(-c2nc3cc(F)c(F)cc3n2CCO)cc1. The van der Waals surface area contributed by atoms with Gasteiger partial charge in [0.15, 0.2) is 11.6 Å². The van der Waals surface area contributed by atoms with Crippen molar-refractivity contribution in [2.45, 2.75) is 13.5 Å². The average Bonchev–Trinajstić information content (AvgIpc) is 2.79.